The molecule has 2 rings (SSSR count). The molecule has 0 radical (unpaired) electrons. The number of ether oxygens (including phenoxy) is 1. The Balaban J connectivity index is 1.72. The standard InChI is InChI=1S/C17H27N3O2/c1-2-19-17(21)13-22-16-8-6-14(7-9-16)11-20-15-5-3-4-10-18-12-15/h6-9,15,18,20H,2-5,10-13H2,1H3,(H,19,21). The highest BCUT2D eigenvalue weighted by molar-refractivity contribution is 5.77. The van der Waals surface area contributed by atoms with Crippen LogP contribution in [0.4, 0.5) is 0 Å². The maximum Gasteiger partial charge on any atom is 0.257 e. The lowest BCUT2D eigenvalue weighted by molar-refractivity contribution is -0.122. The zero-order valence-electron chi connectivity index (χ0n) is 13.4. The Labute approximate surface area is 132 Å². The van der Waals surface area contributed by atoms with E-state index in [9.17, 15) is 4.79 Å². The van der Waals surface area contributed by atoms with E-state index in [-0.39, 0.29) is 12.5 Å². The van der Waals surface area contributed by atoms with E-state index in [4.69, 9.17) is 4.74 Å². The largest absolute Gasteiger partial charge is 0.484 e. The minimum atomic E-state index is -0.0888. The molecule has 1 unspecified atom stereocenters. The first-order chi connectivity index (χ1) is 10.8. The number of benzene rings is 1. The van der Waals surface area contributed by atoms with Crippen molar-refractivity contribution in [2.24, 2.45) is 0 Å². The van der Waals surface area contributed by atoms with E-state index in [1.807, 2.05) is 31.2 Å². The molecule has 1 saturated heterocycles. The average Bonchev–Trinajstić information content (AvgIpc) is 2.81. The molecular formula is C17H27N3O2. The minimum Gasteiger partial charge on any atom is -0.484 e. The lowest BCUT2D eigenvalue weighted by Crippen LogP contribution is -2.36. The maximum absolute atomic E-state index is 11.3. The minimum absolute atomic E-state index is 0.0686. The molecule has 122 valence electrons. The van der Waals surface area contributed by atoms with Gasteiger partial charge >= 0.3 is 0 Å². The zero-order chi connectivity index (χ0) is 15.6. The van der Waals surface area contributed by atoms with E-state index in [0.717, 1.165) is 25.4 Å². The van der Waals surface area contributed by atoms with Crippen molar-refractivity contribution in [3.05, 3.63) is 29.8 Å². The summed E-state index contributed by atoms with van der Waals surface area (Å²) in [6.45, 7) is 5.64. The first-order valence-corrected chi connectivity index (χ1v) is 8.20. The van der Waals surface area contributed by atoms with E-state index in [0.29, 0.717) is 12.6 Å². The number of carbonyl (C=O) groups excluding carboxylic acids is 1. The highest BCUT2D eigenvalue weighted by Gasteiger charge is 2.10. The monoisotopic (exact) mass is 305 g/mol. The van der Waals surface area contributed by atoms with Gasteiger partial charge in [-0.3, -0.25) is 4.79 Å². The highest BCUT2D eigenvalue weighted by atomic mass is 16.5. The van der Waals surface area contributed by atoms with Gasteiger partial charge in [0.25, 0.3) is 5.91 Å². The Bertz CT molecular complexity index is 440. The van der Waals surface area contributed by atoms with Gasteiger partial charge in [-0.1, -0.05) is 18.6 Å². The molecule has 1 aliphatic rings. The summed E-state index contributed by atoms with van der Waals surface area (Å²) in [5.41, 5.74) is 1.23. The number of rotatable bonds is 7. The molecular weight excluding hydrogens is 278 g/mol. The maximum atomic E-state index is 11.3. The first kappa shape index (κ1) is 16.8. The first-order valence-electron chi connectivity index (χ1n) is 8.20. The second-order valence-corrected chi connectivity index (χ2v) is 5.66. The van der Waals surface area contributed by atoms with Gasteiger partial charge in [-0.15, -0.1) is 0 Å². The SMILES string of the molecule is CCNC(=O)COc1ccc(CNC2CCCCNC2)cc1. The van der Waals surface area contributed by atoms with Crippen molar-refractivity contribution in [3.63, 3.8) is 0 Å². The molecule has 1 amide bonds. The van der Waals surface area contributed by atoms with E-state index in [1.54, 1.807) is 0 Å². The third kappa shape index (κ3) is 6.03. The zero-order valence-corrected chi connectivity index (χ0v) is 13.4. The Morgan fingerprint density at radius 3 is 2.91 bits per heavy atom. The molecule has 1 atom stereocenters. The third-order valence-electron chi connectivity index (χ3n) is 3.81. The van der Waals surface area contributed by atoms with Crippen LogP contribution in [0.25, 0.3) is 0 Å². The van der Waals surface area contributed by atoms with E-state index in [2.05, 4.69) is 16.0 Å². The molecule has 5 nitrogen and oxygen atoms in total. The molecule has 0 aliphatic carbocycles. The van der Waals surface area contributed by atoms with Gasteiger partial charge in [0.1, 0.15) is 5.75 Å². The smallest absolute Gasteiger partial charge is 0.257 e. The van der Waals surface area contributed by atoms with Gasteiger partial charge in [-0.2, -0.15) is 0 Å². The number of hydrogen-bond donors (Lipinski definition) is 3. The quantitative estimate of drug-likeness (QED) is 0.713. The van der Waals surface area contributed by atoms with Crippen LogP contribution < -0.4 is 20.7 Å². The summed E-state index contributed by atoms with van der Waals surface area (Å²) in [5.74, 6) is 0.639. The van der Waals surface area contributed by atoms with Gasteiger partial charge in [0.15, 0.2) is 6.61 Å². The Morgan fingerprint density at radius 1 is 1.32 bits per heavy atom. The molecule has 1 aromatic carbocycles. The molecule has 0 bridgehead atoms. The molecule has 0 aromatic heterocycles. The summed E-state index contributed by atoms with van der Waals surface area (Å²) in [7, 11) is 0. The van der Waals surface area contributed by atoms with Crippen LogP contribution in [0.1, 0.15) is 31.7 Å². The predicted octanol–water partition coefficient (Wildman–Crippen LogP) is 1.43. The van der Waals surface area contributed by atoms with Gasteiger partial charge in [-0.25, -0.2) is 0 Å². The lowest BCUT2D eigenvalue weighted by Gasteiger charge is -2.16. The molecule has 3 N–H and O–H groups in total. The normalized spacial score (nSPS) is 18.5. The molecule has 22 heavy (non-hydrogen) atoms. The topological polar surface area (TPSA) is 62.4 Å². The molecule has 1 heterocycles. The summed E-state index contributed by atoms with van der Waals surface area (Å²) < 4.78 is 5.44. The fraction of sp³-hybridized carbons (Fsp3) is 0.588. The van der Waals surface area contributed by atoms with Crippen LogP contribution in [-0.4, -0.2) is 38.2 Å². The van der Waals surface area contributed by atoms with Crippen LogP contribution in [0.15, 0.2) is 24.3 Å². The molecule has 0 spiro atoms. The van der Waals surface area contributed by atoms with Crippen LogP contribution in [-0.2, 0) is 11.3 Å². The van der Waals surface area contributed by atoms with Crippen molar-refractivity contribution in [1.29, 1.82) is 0 Å². The Kier molecular flexibility index (Phi) is 7.19. The number of amides is 1. The van der Waals surface area contributed by atoms with Gasteiger partial charge < -0.3 is 20.7 Å². The molecule has 0 saturated carbocycles. The van der Waals surface area contributed by atoms with Crippen LogP contribution >= 0.6 is 0 Å². The number of carbonyl (C=O) groups is 1. The summed E-state index contributed by atoms with van der Waals surface area (Å²) >= 11 is 0. The van der Waals surface area contributed by atoms with Crippen molar-refractivity contribution < 1.29 is 9.53 Å². The summed E-state index contributed by atoms with van der Waals surface area (Å²) in [4.78, 5) is 11.3. The van der Waals surface area contributed by atoms with Gasteiger partial charge in [0, 0.05) is 25.7 Å². The van der Waals surface area contributed by atoms with Gasteiger partial charge in [-0.05, 0) is 44.0 Å². The van der Waals surface area contributed by atoms with Crippen molar-refractivity contribution in [1.82, 2.24) is 16.0 Å². The van der Waals surface area contributed by atoms with E-state index >= 15 is 0 Å². The van der Waals surface area contributed by atoms with E-state index < -0.39 is 0 Å². The Morgan fingerprint density at radius 2 is 2.14 bits per heavy atom. The molecule has 1 aromatic rings. The summed E-state index contributed by atoms with van der Waals surface area (Å²) in [6, 6.07) is 8.48. The second-order valence-electron chi connectivity index (χ2n) is 5.66. The van der Waals surface area contributed by atoms with Crippen LogP contribution in [0.3, 0.4) is 0 Å². The Hall–Kier alpha value is -1.59. The summed E-state index contributed by atoms with van der Waals surface area (Å²) in [6.07, 6.45) is 3.80. The average molecular weight is 305 g/mol. The van der Waals surface area contributed by atoms with Gasteiger partial charge in [0.05, 0.1) is 0 Å². The number of likely N-dealkylation sites (N-methyl/N-ethyl adjacent to an activating group) is 1. The van der Waals surface area contributed by atoms with Crippen molar-refractivity contribution in [2.75, 3.05) is 26.2 Å². The van der Waals surface area contributed by atoms with Crippen molar-refractivity contribution in [3.8, 4) is 5.75 Å². The fourth-order valence-corrected chi connectivity index (χ4v) is 2.56. The van der Waals surface area contributed by atoms with Crippen LogP contribution in [0, 0.1) is 0 Å². The van der Waals surface area contributed by atoms with Crippen LogP contribution in [0.2, 0.25) is 0 Å². The van der Waals surface area contributed by atoms with Gasteiger partial charge in [0.2, 0.25) is 0 Å². The van der Waals surface area contributed by atoms with Crippen molar-refractivity contribution >= 4 is 5.91 Å². The van der Waals surface area contributed by atoms with Crippen molar-refractivity contribution in [2.45, 2.75) is 38.8 Å². The second kappa shape index (κ2) is 9.43. The highest BCUT2D eigenvalue weighted by Crippen LogP contribution is 2.12. The predicted molar refractivity (Wildman–Crippen MR) is 88.0 cm³/mol. The fourth-order valence-electron chi connectivity index (χ4n) is 2.56. The molecule has 5 heteroatoms. The number of hydrogen-bond acceptors (Lipinski definition) is 4. The number of nitrogens with one attached hydrogen (secondary N) is 3. The van der Waals surface area contributed by atoms with Crippen LogP contribution in [0.5, 0.6) is 5.75 Å². The summed E-state index contributed by atoms with van der Waals surface area (Å²) in [5, 5.41) is 9.77. The lowest BCUT2D eigenvalue weighted by atomic mass is 10.1. The molecule has 1 fully saturated rings. The van der Waals surface area contributed by atoms with E-state index in [1.165, 1.54) is 24.8 Å². The molecule has 1 aliphatic heterocycles. The third-order valence-corrected chi connectivity index (χ3v) is 3.81.